The van der Waals surface area contributed by atoms with Gasteiger partial charge in [-0.3, -0.25) is 0 Å². The number of hydrogen-bond acceptors (Lipinski definition) is 3. The van der Waals surface area contributed by atoms with Crippen molar-refractivity contribution in [1.29, 1.82) is 0 Å². The second-order valence-electron chi connectivity index (χ2n) is 9.88. The number of ether oxygens (including phenoxy) is 2. The first kappa shape index (κ1) is 26.7. The molecule has 3 atom stereocenters. The van der Waals surface area contributed by atoms with Gasteiger partial charge in [-0.05, 0) is 68.7 Å². The lowest BCUT2D eigenvalue weighted by molar-refractivity contribution is 0.0319. The normalized spacial score (nSPS) is 19.5. The van der Waals surface area contributed by atoms with E-state index >= 15 is 0 Å². The number of benzene rings is 1. The monoisotopic (exact) mass is 444 g/mol. The molecule has 1 saturated carbocycles. The van der Waals surface area contributed by atoms with Crippen molar-refractivity contribution in [3.8, 4) is 5.75 Å². The number of rotatable bonds is 16. The van der Waals surface area contributed by atoms with Gasteiger partial charge in [-0.2, -0.15) is 0 Å². The summed E-state index contributed by atoms with van der Waals surface area (Å²) in [7, 11) is 0. The molecule has 32 heavy (non-hydrogen) atoms. The summed E-state index contributed by atoms with van der Waals surface area (Å²) >= 11 is 0. The molecule has 3 unspecified atom stereocenters. The van der Waals surface area contributed by atoms with E-state index < -0.39 is 0 Å². The van der Waals surface area contributed by atoms with Crippen molar-refractivity contribution >= 4 is 5.97 Å². The standard InChI is InChI=1S/C29H48O3/c1-4-6-8-10-14-24(3)32-29(30)27-19-21-28(22-20-27)31-23-13-18-26-17-12-11-16-25(26)15-9-7-5-2/h19-22,24-26H,4-18,23H2,1-3H3. The van der Waals surface area contributed by atoms with Gasteiger partial charge in [0.2, 0.25) is 0 Å². The van der Waals surface area contributed by atoms with E-state index in [-0.39, 0.29) is 12.1 Å². The van der Waals surface area contributed by atoms with E-state index in [2.05, 4.69) is 13.8 Å². The van der Waals surface area contributed by atoms with Crippen LogP contribution in [0.15, 0.2) is 24.3 Å². The molecule has 0 amide bonds. The van der Waals surface area contributed by atoms with E-state index in [1.165, 1.54) is 77.0 Å². The van der Waals surface area contributed by atoms with Crippen LogP contribution in [0.5, 0.6) is 5.75 Å². The van der Waals surface area contributed by atoms with Crippen molar-refractivity contribution in [2.24, 2.45) is 11.8 Å². The van der Waals surface area contributed by atoms with Gasteiger partial charge in [0.05, 0.1) is 18.3 Å². The van der Waals surface area contributed by atoms with Crippen LogP contribution < -0.4 is 4.74 Å². The van der Waals surface area contributed by atoms with E-state index in [1.54, 1.807) is 0 Å². The third-order valence-electron chi connectivity index (χ3n) is 7.10. The largest absolute Gasteiger partial charge is 0.494 e. The molecule has 0 heterocycles. The fourth-order valence-electron chi connectivity index (χ4n) is 5.09. The summed E-state index contributed by atoms with van der Waals surface area (Å²) in [5.74, 6) is 2.45. The van der Waals surface area contributed by atoms with Crippen LogP contribution in [-0.4, -0.2) is 18.7 Å². The van der Waals surface area contributed by atoms with Crippen molar-refractivity contribution in [2.75, 3.05) is 6.61 Å². The maximum Gasteiger partial charge on any atom is 0.338 e. The molecule has 0 aromatic heterocycles. The smallest absolute Gasteiger partial charge is 0.338 e. The van der Waals surface area contributed by atoms with Crippen molar-refractivity contribution in [2.45, 2.75) is 123 Å². The molecule has 0 aliphatic heterocycles. The molecule has 0 radical (unpaired) electrons. The van der Waals surface area contributed by atoms with Crippen LogP contribution in [0.3, 0.4) is 0 Å². The van der Waals surface area contributed by atoms with Crippen LogP contribution in [0.4, 0.5) is 0 Å². The van der Waals surface area contributed by atoms with E-state index in [0.717, 1.165) is 43.5 Å². The first-order valence-corrected chi connectivity index (χ1v) is 13.6. The van der Waals surface area contributed by atoms with Crippen LogP contribution >= 0.6 is 0 Å². The maximum atomic E-state index is 12.4. The molecule has 3 heteroatoms. The SMILES string of the molecule is CCCCCCC(C)OC(=O)c1ccc(OCCCC2CCCCC2CCCCC)cc1. The number of esters is 1. The van der Waals surface area contributed by atoms with E-state index in [9.17, 15) is 4.79 Å². The van der Waals surface area contributed by atoms with Crippen LogP contribution in [0.25, 0.3) is 0 Å². The minimum Gasteiger partial charge on any atom is -0.494 e. The Hall–Kier alpha value is -1.51. The number of hydrogen-bond donors (Lipinski definition) is 0. The molecule has 182 valence electrons. The van der Waals surface area contributed by atoms with Gasteiger partial charge in [0.25, 0.3) is 0 Å². The number of unbranched alkanes of at least 4 members (excludes halogenated alkanes) is 5. The highest BCUT2D eigenvalue weighted by Crippen LogP contribution is 2.36. The van der Waals surface area contributed by atoms with Gasteiger partial charge >= 0.3 is 5.97 Å². The summed E-state index contributed by atoms with van der Waals surface area (Å²) in [6.45, 7) is 7.25. The molecule has 3 nitrogen and oxygen atoms in total. The summed E-state index contributed by atoms with van der Waals surface area (Å²) < 4.78 is 11.6. The molecule has 0 N–H and O–H groups in total. The van der Waals surface area contributed by atoms with Crippen molar-refractivity contribution in [1.82, 2.24) is 0 Å². The average Bonchev–Trinajstić information content (AvgIpc) is 2.81. The van der Waals surface area contributed by atoms with Crippen LogP contribution in [0.2, 0.25) is 0 Å². The Kier molecular flexibility index (Phi) is 13.5. The highest BCUT2D eigenvalue weighted by molar-refractivity contribution is 5.89. The van der Waals surface area contributed by atoms with Crippen molar-refractivity contribution in [3.05, 3.63) is 29.8 Å². The molecule has 1 aliphatic rings. The average molecular weight is 445 g/mol. The molecule has 0 bridgehead atoms. The van der Waals surface area contributed by atoms with Crippen LogP contribution in [-0.2, 0) is 4.74 Å². The van der Waals surface area contributed by atoms with Crippen molar-refractivity contribution in [3.63, 3.8) is 0 Å². The van der Waals surface area contributed by atoms with Crippen LogP contribution in [0, 0.1) is 11.8 Å². The van der Waals surface area contributed by atoms with Gasteiger partial charge in [0, 0.05) is 0 Å². The third kappa shape index (κ3) is 10.4. The van der Waals surface area contributed by atoms with Gasteiger partial charge in [-0.25, -0.2) is 4.79 Å². The zero-order chi connectivity index (χ0) is 23.0. The molecule has 1 aromatic rings. The Morgan fingerprint density at radius 3 is 2.16 bits per heavy atom. The van der Waals surface area contributed by atoms with E-state index in [4.69, 9.17) is 9.47 Å². The lowest BCUT2D eigenvalue weighted by atomic mass is 9.74. The molecule has 1 aromatic carbocycles. The topological polar surface area (TPSA) is 35.5 Å². The van der Waals surface area contributed by atoms with Gasteiger partial charge in [0.1, 0.15) is 5.75 Å². The highest BCUT2D eigenvalue weighted by Gasteiger charge is 2.24. The Labute approximate surface area is 197 Å². The first-order valence-electron chi connectivity index (χ1n) is 13.6. The second kappa shape index (κ2) is 16.2. The Balaban J connectivity index is 1.66. The van der Waals surface area contributed by atoms with Gasteiger partial charge in [0.15, 0.2) is 0 Å². The maximum absolute atomic E-state index is 12.4. The molecule has 2 rings (SSSR count). The Bertz CT molecular complexity index is 609. The minimum absolute atomic E-state index is 0.0270. The Morgan fingerprint density at radius 1 is 0.875 bits per heavy atom. The van der Waals surface area contributed by atoms with Crippen molar-refractivity contribution < 1.29 is 14.3 Å². The summed E-state index contributed by atoms with van der Waals surface area (Å²) in [6, 6.07) is 7.45. The lowest BCUT2D eigenvalue weighted by Crippen LogP contribution is -2.20. The number of carbonyl (C=O) groups excluding carboxylic acids is 1. The fraction of sp³-hybridized carbons (Fsp3) is 0.759. The quantitative estimate of drug-likeness (QED) is 0.189. The third-order valence-corrected chi connectivity index (χ3v) is 7.10. The van der Waals surface area contributed by atoms with E-state index in [1.807, 2.05) is 31.2 Å². The summed E-state index contributed by atoms with van der Waals surface area (Å²) in [4.78, 5) is 12.4. The summed E-state index contributed by atoms with van der Waals surface area (Å²) in [5, 5.41) is 0. The predicted molar refractivity (Wildman–Crippen MR) is 134 cm³/mol. The summed E-state index contributed by atoms with van der Waals surface area (Å²) in [5.41, 5.74) is 0.606. The second-order valence-corrected chi connectivity index (χ2v) is 9.88. The van der Waals surface area contributed by atoms with E-state index in [0.29, 0.717) is 5.56 Å². The molecule has 0 spiro atoms. The highest BCUT2D eigenvalue weighted by atomic mass is 16.5. The predicted octanol–water partition coefficient (Wildman–Crippen LogP) is 8.75. The van der Waals surface area contributed by atoms with Gasteiger partial charge < -0.3 is 9.47 Å². The zero-order valence-electron chi connectivity index (χ0n) is 21.1. The molecule has 0 saturated heterocycles. The molecule has 1 aliphatic carbocycles. The minimum atomic E-state index is -0.231. The first-order chi connectivity index (χ1) is 15.6. The van der Waals surface area contributed by atoms with Gasteiger partial charge in [-0.15, -0.1) is 0 Å². The zero-order valence-corrected chi connectivity index (χ0v) is 21.1. The fourth-order valence-corrected chi connectivity index (χ4v) is 5.09. The van der Waals surface area contributed by atoms with Crippen LogP contribution in [0.1, 0.15) is 127 Å². The molecular formula is C29H48O3. The number of carbonyl (C=O) groups is 1. The summed E-state index contributed by atoms with van der Waals surface area (Å²) in [6.07, 6.45) is 19.3. The Morgan fingerprint density at radius 2 is 1.50 bits per heavy atom. The van der Waals surface area contributed by atoms with Gasteiger partial charge in [-0.1, -0.05) is 84.5 Å². The lowest BCUT2D eigenvalue weighted by Gasteiger charge is -2.31. The molecular weight excluding hydrogens is 396 g/mol. The molecule has 1 fully saturated rings.